The molecule has 0 amide bonds. The molecule has 0 saturated carbocycles. The molecule has 0 fully saturated rings. The topological polar surface area (TPSA) is 26.3 Å². The van der Waals surface area contributed by atoms with Crippen molar-refractivity contribution >= 4 is 33.3 Å². The Kier molecular flexibility index (Phi) is 3.75. The molecule has 4 heteroatoms. The number of hydrogen-bond donors (Lipinski definition) is 0. The summed E-state index contributed by atoms with van der Waals surface area (Å²) in [7, 11) is 1.52. The zero-order valence-corrected chi connectivity index (χ0v) is 9.35. The van der Waals surface area contributed by atoms with Crippen molar-refractivity contribution in [1.82, 2.24) is 0 Å². The Bertz CT molecular complexity index is 325. The lowest BCUT2D eigenvalue weighted by Crippen LogP contribution is -2.02. The summed E-state index contributed by atoms with van der Waals surface area (Å²) in [6.45, 7) is 0. The van der Waals surface area contributed by atoms with Crippen LogP contribution < -0.4 is 4.74 Å². The molecule has 0 aliphatic heterocycles. The van der Waals surface area contributed by atoms with Crippen molar-refractivity contribution in [3.05, 3.63) is 28.8 Å². The van der Waals surface area contributed by atoms with E-state index in [-0.39, 0.29) is 11.1 Å². The molecule has 1 rings (SSSR count). The normalized spacial score (nSPS) is 9.77. The molecule has 0 atom stereocenters. The van der Waals surface area contributed by atoms with E-state index in [4.69, 9.17) is 16.3 Å². The first kappa shape index (κ1) is 10.5. The van der Waals surface area contributed by atoms with Gasteiger partial charge in [-0.25, -0.2) is 0 Å². The molecule has 70 valence electrons. The molecule has 0 aliphatic carbocycles. The van der Waals surface area contributed by atoms with Crippen LogP contribution in [0.5, 0.6) is 5.75 Å². The smallest absolute Gasteiger partial charge is 0.177 e. The highest BCUT2D eigenvalue weighted by Crippen LogP contribution is 2.23. The largest absolute Gasteiger partial charge is 0.496 e. The van der Waals surface area contributed by atoms with Gasteiger partial charge in [0.1, 0.15) is 5.75 Å². The fourth-order valence-electron chi connectivity index (χ4n) is 0.970. The minimum Gasteiger partial charge on any atom is -0.496 e. The van der Waals surface area contributed by atoms with Crippen molar-refractivity contribution in [2.75, 3.05) is 12.4 Å². The Morgan fingerprint density at radius 3 is 2.85 bits per heavy atom. The van der Waals surface area contributed by atoms with Gasteiger partial charge < -0.3 is 4.74 Å². The molecule has 1 aromatic carbocycles. The van der Waals surface area contributed by atoms with Gasteiger partial charge in [0.05, 0.1) is 18.0 Å². The van der Waals surface area contributed by atoms with Crippen LogP contribution in [0.1, 0.15) is 10.4 Å². The van der Waals surface area contributed by atoms with Crippen molar-refractivity contribution < 1.29 is 9.53 Å². The zero-order valence-electron chi connectivity index (χ0n) is 7.01. The van der Waals surface area contributed by atoms with Crippen LogP contribution in [0.3, 0.4) is 0 Å². The van der Waals surface area contributed by atoms with Crippen molar-refractivity contribution in [2.45, 2.75) is 0 Å². The quantitative estimate of drug-likeness (QED) is 0.619. The van der Waals surface area contributed by atoms with Crippen LogP contribution >= 0.6 is 27.5 Å². The van der Waals surface area contributed by atoms with Crippen molar-refractivity contribution in [1.29, 1.82) is 0 Å². The number of ether oxygens (including phenoxy) is 1. The number of carbonyl (C=O) groups is 1. The van der Waals surface area contributed by atoms with E-state index in [1.54, 1.807) is 18.2 Å². The summed E-state index contributed by atoms with van der Waals surface area (Å²) in [4.78, 5) is 11.4. The second kappa shape index (κ2) is 4.63. The SMILES string of the molecule is COc1ccc(Cl)cc1C(=O)CBr. The molecule has 13 heavy (non-hydrogen) atoms. The van der Waals surface area contributed by atoms with E-state index in [0.29, 0.717) is 16.3 Å². The van der Waals surface area contributed by atoms with E-state index in [0.717, 1.165) is 0 Å². The van der Waals surface area contributed by atoms with E-state index >= 15 is 0 Å². The molecule has 2 nitrogen and oxygen atoms in total. The fourth-order valence-corrected chi connectivity index (χ4v) is 1.44. The van der Waals surface area contributed by atoms with Gasteiger partial charge in [-0.15, -0.1) is 0 Å². The highest BCUT2D eigenvalue weighted by atomic mass is 79.9. The van der Waals surface area contributed by atoms with Gasteiger partial charge in [0.15, 0.2) is 5.78 Å². The predicted octanol–water partition coefficient (Wildman–Crippen LogP) is 2.93. The third kappa shape index (κ3) is 2.45. The standard InChI is InChI=1S/C9H8BrClO2/c1-13-9-3-2-6(11)4-7(9)8(12)5-10/h2-4H,5H2,1H3. The summed E-state index contributed by atoms with van der Waals surface area (Å²) >= 11 is 8.84. The minimum absolute atomic E-state index is 0.0423. The Labute approximate surface area is 90.0 Å². The third-order valence-corrected chi connectivity index (χ3v) is 2.33. The lowest BCUT2D eigenvalue weighted by molar-refractivity contribution is 0.102. The van der Waals surface area contributed by atoms with Crippen molar-refractivity contribution in [2.24, 2.45) is 0 Å². The molecule has 0 N–H and O–H groups in total. The molecule has 0 aliphatic rings. The zero-order chi connectivity index (χ0) is 9.84. The molecule has 0 bridgehead atoms. The summed E-state index contributed by atoms with van der Waals surface area (Å²) in [6.07, 6.45) is 0. The Morgan fingerprint density at radius 2 is 2.31 bits per heavy atom. The number of hydrogen-bond acceptors (Lipinski definition) is 2. The van der Waals surface area contributed by atoms with Gasteiger partial charge in [0.25, 0.3) is 0 Å². The first-order chi connectivity index (χ1) is 6.19. The second-order valence-corrected chi connectivity index (χ2v) is 3.40. The average molecular weight is 264 g/mol. The number of ketones is 1. The molecule has 0 unspecified atom stereocenters. The van der Waals surface area contributed by atoms with Gasteiger partial charge in [-0.05, 0) is 18.2 Å². The van der Waals surface area contributed by atoms with Gasteiger partial charge in [-0.1, -0.05) is 27.5 Å². The highest BCUT2D eigenvalue weighted by Gasteiger charge is 2.10. The van der Waals surface area contributed by atoms with Crippen molar-refractivity contribution in [3.8, 4) is 5.75 Å². The molecule has 0 aromatic heterocycles. The van der Waals surface area contributed by atoms with Crippen LogP contribution in [-0.2, 0) is 0 Å². The number of carbonyl (C=O) groups excluding carboxylic acids is 1. The highest BCUT2D eigenvalue weighted by molar-refractivity contribution is 9.09. The lowest BCUT2D eigenvalue weighted by atomic mass is 10.1. The number of halogens is 2. The summed E-state index contributed by atoms with van der Waals surface area (Å²) in [6, 6.07) is 4.97. The van der Waals surface area contributed by atoms with Crippen LogP contribution in [-0.4, -0.2) is 18.2 Å². The maximum absolute atomic E-state index is 11.4. The number of benzene rings is 1. The monoisotopic (exact) mass is 262 g/mol. The maximum Gasteiger partial charge on any atom is 0.177 e. The molecule has 0 saturated heterocycles. The second-order valence-electron chi connectivity index (χ2n) is 2.40. The number of methoxy groups -OCH3 is 1. The Balaban J connectivity index is 3.15. The maximum atomic E-state index is 11.4. The van der Waals surface area contributed by atoms with Gasteiger partial charge in [0.2, 0.25) is 0 Å². The third-order valence-electron chi connectivity index (χ3n) is 1.58. The van der Waals surface area contributed by atoms with E-state index in [2.05, 4.69) is 15.9 Å². The van der Waals surface area contributed by atoms with Gasteiger partial charge in [-0.3, -0.25) is 4.79 Å². The minimum atomic E-state index is -0.0423. The van der Waals surface area contributed by atoms with Crippen LogP contribution in [0, 0.1) is 0 Å². The molecule has 0 spiro atoms. The van der Waals surface area contributed by atoms with Crippen molar-refractivity contribution in [3.63, 3.8) is 0 Å². The van der Waals surface area contributed by atoms with Gasteiger partial charge in [-0.2, -0.15) is 0 Å². The van der Waals surface area contributed by atoms with Crippen LogP contribution in [0.4, 0.5) is 0 Å². The number of Topliss-reactive ketones (excluding diaryl/α,β-unsaturated/α-hetero) is 1. The van der Waals surface area contributed by atoms with Gasteiger partial charge >= 0.3 is 0 Å². The molecular weight excluding hydrogens is 255 g/mol. The molecular formula is C9H8BrClO2. The van der Waals surface area contributed by atoms with Gasteiger partial charge in [0, 0.05) is 5.02 Å². The van der Waals surface area contributed by atoms with E-state index in [1.807, 2.05) is 0 Å². The Hall–Kier alpha value is -0.540. The average Bonchev–Trinajstić information content (AvgIpc) is 2.16. The van der Waals surface area contributed by atoms with E-state index in [9.17, 15) is 4.79 Å². The first-order valence-corrected chi connectivity index (χ1v) is 5.11. The summed E-state index contributed by atoms with van der Waals surface area (Å²) < 4.78 is 5.02. The number of rotatable bonds is 3. The summed E-state index contributed by atoms with van der Waals surface area (Å²) in [5, 5.41) is 0.800. The lowest BCUT2D eigenvalue weighted by Gasteiger charge is -2.05. The first-order valence-electron chi connectivity index (χ1n) is 3.61. The van der Waals surface area contributed by atoms with E-state index in [1.165, 1.54) is 7.11 Å². The predicted molar refractivity (Wildman–Crippen MR) is 56.1 cm³/mol. The van der Waals surface area contributed by atoms with E-state index < -0.39 is 0 Å². The molecule has 1 aromatic rings. The Morgan fingerprint density at radius 1 is 1.62 bits per heavy atom. The molecule has 0 radical (unpaired) electrons. The van der Waals surface area contributed by atoms with Crippen LogP contribution in [0.2, 0.25) is 5.02 Å². The molecule has 0 heterocycles. The fraction of sp³-hybridized carbons (Fsp3) is 0.222. The van der Waals surface area contributed by atoms with Crippen LogP contribution in [0.25, 0.3) is 0 Å². The number of alkyl halides is 1. The summed E-state index contributed by atoms with van der Waals surface area (Å²) in [5.74, 6) is 0.508. The van der Waals surface area contributed by atoms with Crippen LogP contribution in [0.15, 0.2) is 18.2 Å². The summed E-state index contributed by atoms with van der Waals surface area (Å²) in [5.41, 5.74) is 0.506.